The van der Waals surface area contributed by atoms with Crippen LogP contribution in [0, 0.1) is 0 Å². The van der Waals surface area contributed by atoms with Gasteiger partial charge >= 0.3 is 0 Å². The lowest BCUT2D eigenvalue weighted by Gasteiger charge is -2.23. The third kappa shape index (κ3) is 6.42. The fourth-order valence-corrected chi connectivity index (χ4v) is 3.84. The molecule has 0 atom stereocenters. The van der Waals surface area contributed by atoms with Gasteiger partial charge in [-0.2, -0.15) is 0 Å². The van der Waals surface area contributed by atoms with Crippen LogP contribution < -0.4 is 9.04 Å². The van der Waals surface area contributed by atoms with Crippen molar-refractivity contribution in [3.63, 3.8) is 0 Å². The van der Waals surface area contributed by atoms with Crippen molar-refractivity contribution in [3.05, 3.63) is 59.1 Å². The van der Waals surface area contributed by atoms with Crippen LogP contribution in [0.2, 0.25) is 5.02 Å². The highest BCUT2D eigenvalue weighted by Gasteiger charge is 2.18. The van der Waals surface area contributed by atoms with Gasteiger partial charge in [-0.25, -0.2) is 8.42 Å². The smallest absolute Gasteiger partial charge is 0.232 e. The molecule has 1 amide bonds. The number of sulfonamides is 1. The zero-order chi connectivity index (χ0) is 20.7. The van der Waals surface area contributed by atoms with Crippen molar-refractivity contribution in [1.82, 2.24) is 4.90 Å². The van der Waals surface area contributed by atoms with Gasteiger partial charge in [-0.3, -0.25) is 9.10 Å². The molecular formula is C20H25ClN2O4S. The van der Waals surface area contributed by atoms with Crippen LogP contribution in [0.3, 0.4) is 0 Å². The van der Waals surface area contributed by atoms with Crippen molar-refractivity contribution in [1.29, 1.82) is 0 Å². The van der Waals surface area contributed by atoms with E-state index >= 15 is 0 Å². The van der Waals surface area contributed by atoms with Crippen LogP contribution >= 0.6 is 11.6 Å². The second-order valence-electron chi connectivity index (χ2n) is 6.51. The van der Waals surface area contributed by atoms with Gasteiger partial charge in [0, 0.05) is 31.6 Å². The third-order valence-electron chi connectivity index (χ3n) is 4.27. The van der Waals surface area contributed by atoms with Crippen molar-refractivity contribution in [2.75, 3.05) is 31.3 Å². The first-order chi connectivity index (χ1) is 13.2. The maximum atomic E-state index is 12.4. The number of hydrogen-bond donors (Lipinski definition) is 0. The average molecular weight is 425 g/mol. The molecule has 0 bridgehead atoms. The van der Waals surface area contributed by atoms with Crippen LogP contribution in [-0.4, -0.2) is 46.2 Å². The Morgan fingerprint density at radius 2 is 1.68 bits per heavy atom. The summed E-state index contributed by atoms with van der Waals surface area (Å²) in [7, 11) is -0.171. The van der Waals surface area contributed by atoms with Gasteiger partial charge in [0.2, 0.25) is 15.9 Å². The van der Waals surface area contributed by atoms with Crippen molar-refractivity contribution in [3.8, 4) is 5.75 Å². The molecule has 0 heterocycles. The first kappa shape index (κ1) is 22.0. The maximum absolute atomic E-state index is 12.4. The Bertz CT molecular complexity index is 883. The highest BCUT2D eigenvalue weighted by Crippen LogP contribution is 2.22. The predicted molar refractivity (Wildman–Crippen MR) is 112 cm³/mol. The Kier molecular flexibility index (Phi) is 7.71. The minimum Gasteiger partial charge on any atom is -0.497 e. The molecule has 0 saturated heterocycles. The van der Waals surface area contributed by atoms with E-state index in [0.717, 1.165) is 11.8 Å². The molecule has 0 aliphatic rings. The fraction of sp³-hybridized carbons (Fsp3) is 0.350. The summed E-state index contributed by atoms with van der Waals surface area (Å²) in [5.74, 6) is 0.606. The molecule has 0 unspecified atom stereocenters. The fourth-order valence-electron chi connectivity index (χ4n) is 2.75. The molecule has 0 spiro atoms. The first-order valence-corrected chi connectivity index (χ1v) is 11.0. The van der Waals surface area contributed by atoms with E-state index in [4.69, 9.17) is 16.3 Å². The van der Waals surface area contributed by atoms with Crippen molar-refractivity contribution >= 4 is 33.2 Å². The molecule has 0 fully saturated rings. The molecule has 152 valence electrons. The maximum Gasteiger partial charge on any atom is 0.232 e. The number of anilines is 1. The van der Waals surface area contributed by atoms with Crippen LogP contribution in [0.25, 0.3) is 0 Å². The molecule has 2 aromatic rings. The SMILES string of the molecule is COc1ccc(N(CCCC(=O)N(C)Cc2ccc(Cl)cc2)S(C)(=O)=O)cc1. The number of ether oxygens (including phenoxy) is 1. The number of hydrogen-bond acceptors (Lipinski definition) is 4. The monoisotopic (exact) mass is 424 g/mol. The standard InChI is InChI=1S/C20H25ClN2O4S/c1-22(15-16-6-8-17(21)9-7-16)20(24)5-4-14-23(28(3,25)26)18-10-12-19(27-2)13-11-18/h6-13H,4-5,14-15H2,1-3H3. The molecule has 0 N–H and O–H groups in total. The Balaban J connectivity index is 1.93. The topological polar surface area (TPSA) is 66.9 Å². The van der Waals surface area contributed by atoms with Crippen LogP contribution in [0.1, 0.15) is 18.4 Å². The molecule has 6 nitrogen and oxygen atoms in total. The zero-order valence-corrected chi connectivity index (χ0v) is 17.8. The minimum absolute atomic E-state index is 0.0434. The average Bonchev–Trinajstić information content (AvgIpc) is 2.66. The molecule has 28 heavy (non-hydrogen) atoms. The predicted octanol–water partition coefficient (Wildman–Crippen LogP) is 3.55. The van der Waals surface area contributed by atoms with Gasteiger partial charge in [-0.05, 0) is 48.4 Å². The van der Waals surface area contributed by atoms with E-state index in [9.17, 15) is 13.2 Å². The molecule has 0 aliphatic carbocycles. The summed E-state index contributed by atoms with van der Waals surface area (Å²) in [5.41, 5.74) is 1.53. The third-order valence-corrected chi connectivity index (χ3v) is 5.72. The molecule has 8 heteroatoms. The number of nitrogens with zero attached hydrogens (tertiary/aromatic N) is 2. The van der Waals surface area contributed by atoms with E-state index in [-0.39, 0.29) is 18.9 Å². The number of carbonyl (C=O) groups excluding carboxylic acids is 1. The Hall–Kier alpha value is -2.25. The van der Waals surface area contributed by atoms with E-state index in [1.807, 2.05) is 12.1 Å². The molecule has 0 aliphatic heterocycles. The minimum atomic E-state index is -3.45. The van der Waals surface area contributed by atoms with E-state index in [2.05, 4.69) is 0 Å². The molecular weight excluding hydrogens is 400 g/mol. The van der Waals surface area contributed by atoms with Gasteiger partial charge in [0.1, 0.15) is 5.75 Å². The molecule has 0 radical (unpaired) electrons. The molecule has 0 aromatic heterocycles. The number of amides is 1. The normalized spacial score (nSPS) is 11.1. The Labute approximate surface area is 171 Å². The van der Waals surface area contributed by atoms with Gasteiger partial charge in [0.25, 0.3) is 0 Å². The van der Waals surface area contributed by atoms with Gasteiger partial charge in [0.15, 0.2) is 0 Å². The number of rotatable bonds is 9. The molecule has 2 aromatic carbocycles. The van der Waals surface area contributed by atoms with E-state index < -0.39 is 10.0 Å². The lowest BCUT2D eigenvalue weighted by Crippen LogP contribution is -2.32. The highest BCUT2D eigenvalue weighted by atomic mass is 35.5. The Morgan fingerprint density at radius 3 is 2.21 bits per heavy atom. The lowest BCUT2D eigenvalue weighted by atomic mass is 10.2. The number of carbonyl (C=O) groups is 1. The quantitative estimate of drug-likeness (QED) is 0.617. The summed E-state index contributed by atoms with van der Waals surface area (Å²) in [5, 5.41) is 0.650. The first-order valence-electron chi connectivity index (χ1n) is 8.81. The summed E-state index contributed by atoms with van der Waals surface area (Å²) in [6.45, 7) is 0.704. The van der Waals surface area contributed by atoms with Crippen LogP contribution in [0.15, 0.2) is 48.5 Å². The molecule has 0 saturated carbocycles. The van der Waals surface area contributed by atoms with Gasteiger partial charge in [0.05, 0.1) is 19.1 Å². The zero-order valence-electron chi connectivity index (χ0n) is 16.3. The van der Waals surface area contributed by atoms with E-state index in [1.165, 1.54) is 4.31 Å². The number of benzene rings is 2. The van der Waals surface area contributed by atoms with Gasteiger partial charge < -0.3 is 9.64 Å². The number of halogens is 1. The van der Waals surface area contributed by atoms with Crippen molar-refractivity contribution < 1.29 is 17.9 Å². The lowest BCUT2D eigenvalue weighted by molar-refractivity contribution is -0.130. The Morgan fingerprint density at radius 1 is 1.07 bits per heavy atom. The summed E-state index contributed by atoms with van der Waals surface area (Å²) >= 11 is 5.87. The van der Waals surface area contributed by atoms with Crippen molar-refractivity contribution in [2.45, 2.75) is 19.4 Å². The van der Waals surface area contributed by atoms with Crippen LogP contribution in [0.5, 0.6) is 5.75 Å². The van der Waals surface area contributed by atoms with Crippen molar-refractivity contribution in [2.24, 2.45) is 0 Å². The van der Waals surface area contributed by atoms with E-state index in [1.54, 1.807) is 55.5 Å². The van der Waals surface area contributed by atoms with Gasteiger partial charge in [-0.1, -0.05) is 23.7 Å². The largest absolute Gasteiger partial charge is 0.497 e. The second-order valence-corrected chi connectivity index (χ2v) is 8.86. The second kappa shape index (κ2) is 9.80. The van der Waals surface area contributed by atoms with E-state index in [0.29, 0.717) is 29.4 Å². The summed E-state index contributed by atoms with van der Waals surface area (Å²) in [6.07, 6.45) is 1.83. The number of methoxy groups -OCH3 is 1. The summed E-state index contributed by atoms with van der Waals surface area (Å²) in [4.78, 5) is 14.0. The molecule has 2 rings (SSSR count). The highest BCUT2D eigenvalue weighted by molar-refractivity contribution is 7.92. The van der Waals surface area contributed by atoms with Gasteiger partial charge in [-0.15, -0.1) is 0 Å². The van der Waals surface area contributed by atoms with Crippen LogP contribution in [0.4, 0.5) is 5.69 Å². The summed E-state index contributed by atoms with van der Waals surface area (Å²) < 4.78 is 30.7. The van der Waals surface area contributed by atoms with Crippen LogP contribution in [-0.2, 0) is 21.4 Å². The summed E-state index contributed by atoms with van der Waals surface area (Å²) in [6, 6.07) is 14.1.